The van der Waals surface area contributed by atoms with Crippen LogP contribution in [0.1, 0.15) is 21.5 Å². The molecule has 0 fully saturated rings. The van der Waals surface area contributed by atoms with E-state index in [4.69, 9.17) is 9.47 Å². The number of rotatable bonds is 8. The predicted molar refractivity (Wildman–Crippen MR) is 114 cm³/mol. The number of carbonyl (C=O) groups is 2. The molecule has 31 heavy (non-hydrogen) atoms. The van der Waals surface area contributed by atoms with Crippen LogP contribution >= 0.6 is 0 Å². The van der Waals surface area contributed by atoms with E-state index in [1.165, 1.54) is 24.3 Å². The molecular formula is C23H20N2O6. The number of nitrogens with one attached hydrogen (secondary N) is 1. The van der Waals surface area contributed by atoms with Crippen molar-refractivity contribution in [2.24, 2.45) is 0 Å². The number of carbonyl (C=O) groups excluding carboxylic acids is 2. The van der Waals surface area contributed by atoms with E-state index in [1.54, 1.807) is 30.3 Å². The van der Waals surface area contributed by atoms with Gasteiger partial charge in [0.05, 0.1) is 10.5 Å². The molecule has 0 unspecified atom stereocenters. The number of ether oxygens (including phenoxy) is 2. The van der Waals surface area contributed by atoms with E-state index < -0.39 is 10.9 Å². The highest BCUT2D eigenvalue weighted by atomic mass is 16.6. The second-order valence-electron chi connectivity index (χ2n) is 6.69. The summed E-state index contributed by atoms with van der Waals surface area (Å²) in [6.07, 6.45) is 0. The molecule has 8 nitrogen and oxygen atoms in total. The molecule has 1 amide bonds. The van der Waals surface area contributed by atoms with Gasteiger partial charge < -0.3 is 14.8 Å². The first-order valence-corrected chi connectivity index (χ1v) is 9.41. The largest absolute Gasteiger partial charge is 0.483 e. The number of nitro benzene ring substituents is 1. The normalized spacial score (nSPS) is 10.2. The molecule has 0 aliphatic carbocycles. The third-order valence-corrected chi connectivity index (χ3v) is 4.33. The lowest BCUT2D eigenvalue weighted by Gasteiger charge is -2.10. The van der Waals surface area contributed by atoms with Crippen molar-refractivity contribution in [3.05, 3.63) is 99.6 Å². The predicted octanol–water partition coefficient (Wildman–Crippen LogP) is 4.28. The quantitative estimate of drug-likeness (QED) is 0.331. The van der Waals surface area contributed by atoms with Gasteiger partial charge in [-0.1, -0.05) is 36.4 Å². The molecule has 3 rings (SSSR count). The van der Waals surface area contributed by atoms with Crippen LogP contribution in [-0.2, 0) is 16.1 Å². The van der Waals surface area contributed by atoms with E-state index in [1.807, 2.05) is 25.1 Å². The lowest BCUT2D eigenvalue weighted by atomic mass is 10.2. The van der Waals surface area contributed by atoms with Gasteiger partial charge in [-0.05, 0) is 42.3 Å². The van der Waals surface area contributed by atoms with Crippen molar-refractivity contribution in [2.75, 3.05) is 11.9 Å². The number of benzene rings is 3. The van der Waals surface area contributed by atoms with Gasteiger partial charge in [0.25, 0.3) is 11.6 Å². The van der Waals surface area contributed by atoms with Gasteiger partial charge in [-0.3, -0.25) is 14.9 Å². The molecule has 3 aromatic rings. The molecule has 0 saturated heterocycles. The van der Waals surface area contributed by atoms with E-state index in [0.29, 0.717) is 17.0 Å². The summed E-state index contributed by atoms with van der Waals surface area (Å²) in [5, 5.41) is 13.5. The smallest absolute Gasteiger partial charge is 0.338 e. The SMILES string of the molecule is Cc1ccccc1OCC(=O)Nc1cccc(C(=O)OCc2cccc([N+](=O)[O-])c2)c1. The number of amides is 1. The topological polar surface area (TPSA) is 108 Å². The van der Waals surface area contributed by atoms with Crippen LogP contribution in [0.2, 0.25) is 0 Å². The standard InChI is InChI=1S/C23H20N2O6/c1-16-6-2-3-11-21(16)30-15-22(26)24-19-9-5-8-18(13-19)23(27)31-14-17-7-4-10-20(12-17)25(28)29/h2-13H,14-15H2,1H3,(H,24,26). The molecule has 0 bridgehead atoms. The number of para-hydroxylation sites is 1. The van der Waals surface area contributed by atoms with Crippen LogP contribution in [0.3, 0.4) is 0 Å². The third kappa shape index (κ3) is 6.14. The lowest BCUT2D eigenvalue weighted by molar-refractivity contribution is -0.384. The van der Waals surface area contributed by atoms with Crippen molar-refractivity contribution in [2.45, 2.75) is 13.5 Å². The Kier molecular flexibility index (Phi) is 6.95. The lowest BCUT2D eigenvalue weighted by Crippen LogP contribution is -2.20. The van der Waals surface area contributed by atoms with Crippen molar-refractivity contribution < 1.29 is 24.0 Å². The maximum Gasteiger partial charge on any atom is 0.338 e. The summed E-state index contributed by atoms with van der Waals surface area (Å²) in [5.74, 6) is -0.361. The molecular weight excluding hydrogens is 400 g/mol. The van der Waals surface area contributed by atoms with E-state index in [9.17, 15) is 19.7 Å². The zero-order valence-electron chi connectivity index (χ0n) is 16.7. The minimum Gasteiger partial charge on any atom is -0.483 e. The minimum absolute atomic E-state index is 0.0776. The van der Waals surface area contributed by atoms with Crippen LogP contribution < -0.4 is 10.1 Å². The van der Waals surface area contributed by atoms with Gasteiger partial charge in [-0.25, -0.2) is 4.79 Å². The molecule has 1 N–H and O–H groups in total. The van der Waals surface area contributed by atoms with Crippen LogP contribution in [0.4, 0.5) is 11.4 Å². The Morgan fingerprint density at radius 3 is 2.55 bits per heavy atom. The maximum atomic E-state index is 12.3. The fraction of sp³-hybridized carbons (Fsp3) is 0.130. The first-order valence-electron chi connectivity index (χ1n) is 9.41. The summed E-state index contributed by atoms with van der Waals surface area (Å²) in [7, 11) is 0. The van der Waals surface area contributed by atoms with E-state index >= 15 is 0 Å². The number of nitrogens with zero attached hydrogens (tertiary/aromatic N) is 1. The van der Waals surface area contributed by atoms with Gasteiger partial charge in [-0.15, -0.1) is 0 Å². The van der Waals surface area contributed by atoms with Crippen molar-refractivity contribution in [3.8, 4) is 5.75 Å². The van der Waals surface area contributed by atoms with E-state index in [-0.39, 0.29) is 30.4 Å². The molecule has 0 aromatic heterocycles. The fourth-order valence-corrected chi connectivity index (χ4v) is 2.77. The summed E-state index contributed by atoms with van der Waals surface area (Å²) >= 11 is 0. The zero-order chi connectivity index (χ0) is 22.2. The summed E-state index contributed by atoms with van der Waals surface area (Å²) < 4.78 is 10.7. The van der Waals surface area contributed by atoms with Crippen molar-refractivity contribution in [3.63, 3.8) is 0 Å². The second kappa shape index (κ2) is 10.0. The van der Waals surface area contributed by atoms with Gasteiger partial charge in [0.2, 0.25) is 0 Å². The van der Waals surface area contributed by atoms with Crippen LogP contribution in [0.15, 0.2) is 72.8 Å². The fourth-order valence-electron chi connectivity index (χ4n) is 2.77. The van der Waals surface area contributed by atoms with Crippen LogP contribution in [0.25, 0.3) is 0 Å². The Bertz CT molecular complexity index is 1110. The number of esters is 1. The molecule has 0 aliphatic heterocycles. The van der Waals surface area contributed by atoms with E-state index in [2.05, 4.69) is 5.32 Å². The Labute approximate surface area is 178 Å². The Morgan fingerprint density at radius 1 is 1.00 bits per heavy atom. The number of hydrogen-bond donors (Lipinski definition) is 1. The first-order chi connectivity index (χ1) is 14.9. The number of hydrogen-bond acceptors (Lipinski definition) is 6. The summed E-state index contributed by atoms with van der Waals surface area (Å²) in [4.78, 5) is 34.8. The zero-order valence-corrected chi connectivity index (χ0v) is 16.7. The highest BCUT2D eigenvalue weighted by molar-refractivity contribution is 5.95. The van der Waals surface area contributed by atoms with E-state index in [0.717, 1.165) is 5.56 Å². The number of nitro groups is 1. The molecule has 8 heteroatoms. The third-order valence-electron chi connectivity index (χ3n) is 4.33. The maximum absolute atomic E-state index is 12.3. The van der Waals surface area contributed by atoms with Gasteiger partial charge in [0, 0.05) is 17.8 Å². The number of aryl methyl sites for hydroxylation is 1. The summed E-state index contributed by atoms with van der Waals surface area (Å²) in [6, 6.07) is 19.5. The Hall–Kier alpha value is -4.20. The molecule has 158 valence electrons. The molecule has 0 heterocycles. The van der Waals surface area contributed by atoms with Crippen molar-refractivity contribution in [1.82, 2.24) is 0 Å². The Balaban J connectivity index is 1.56. The molecule has 0 atom stereocenters. The monoisotopic (exact) mass is 420 g/mol. The molecule has 0 radical (unpaired) electrons. The number of anilines is 1. The average Bonchev–Trinajstić information content (AvgIpc) is 2.77. The number of non-ortho nitro benzene ring substituents is 1. The van der Waals surface area contributed by atoms with Gasteiger partial charge in [0.1, 0.15) is 12.4 Å². The van der Waals surface area contributed by atoms with Crippen LogP contribution in [-0.4, -0.2) is 23.4 Å². The second-order valence-corrected chi connectivity index (χ2v) is 6.69. The van der Waals surface area contributed by atoms with Crippen LogP contribution in [0, 0.1) is 17.0 Å². The summed E-state index contributed by atoms with van der Waals surface area (Å²) in [6.45, 7) is 1.60. The molecule has 0 aliphatic rings. The van der Waals surface area contributed by atoms with Crippen LogP contribution in [0.5, 0.6) is 5.75 Å². The first kappa shape index (κ1) is 21.5. The summed E-state index contributed by atoms with van der Waals surface area (Å²) in [5.41, 5.74) is 2.00. The highest BCUT2D eigenvalue weighted by Gasteiger charge is 2.12. The van der Waals surface area contributed by atoms with Gasteiger partial charge in [-0.2, -0.15) is 0 Å². The van der Waals surface area contributed by atoms with Gasteiger partial charge in [0.15, 0.2) is 6.61 Å². The molecule has 0 saturated carbocycles. The van der Waals surface area contributed by atoms with Crippen molar-refractivity contribution >= 4 is 23.3 Å². The van der Waals surface area contributed by atoms with Gasteiger partial charge >= 0.3 is 5.97 Å². The molecule has 3 aromatic carbocycles. The average molecular weight is 420 g/mol. The highest BCUT2D eigenvalue weighted by Crippen LogP contribution is 2.17. The molecule has 0 spiro atoms. The Morgan fingerprint density at radius 2 is 1.77 bits per heavy atom. The minimum atomic E-state index is -0.612. The van der Waals surface area contributed by atoms with Crippen molar-refractivity contribution in [1.29, 1.82) is 0 Å².